The molecule has 0 bridgehead atoms. The second kappa shape index (κ2) is 8.85. The zero-order chi connectivity index (χ0) is 21.1. The van der Waals surface area contributed by atoms with E-state index in [1.807, 2.05) is 12.1 Å². The molecule has 9 heteroatoms. The van der Waals surface area contributed by atoms with Crippen molar-refractivity contribution in [2.45, 2.75) is 24.3 Å². The molecule has 0 unspecified atom stereocenters. The number of thiazole rings is 1. The minimum absolute atomic E-state index is 0.278. The van der Waals surface area contributed by atoms with Crippen LogP contribution in [0.5, 0.6) is 0 Å². The minimum Gasteiger partial charge on any atom is -0.347 e. The summed E-state index contributed by atoms with van der Waals surface area (Å²) in [6, 6.07) is 13.9. The van der Waals surface area contributed by atoms with Gasteiger partial charge in [-0.3, -0.25) is 4.79 Å². The maximum absolute atomic E-state index is 12.6. The SMILES string of the molecule is O=C(NCc1ccc(S(=O)(=O)N2CCCC2)cc1)c1csc(-c2ccc(Cl)cc2)n1. The first-order valence-electron chi connectivity index (χ1n) is 9.52. The Kier molecular flexibility index (Phi) is 6.19. The van der Waals surface area contributed by atoms with Crippen LogP contribution in [0, 0.1) is 0 Å². The van der Waals surface area contributed by atoms with Crippen LogP contribution in [0.4, 0.5) is 0 Å². The molecule has 3 aromatic rings. The highest BCUT2D eigenvalue weighted by Crippen LogP contribution is 2.25. The Morgan fingerprint density at radius 3 is 2.40 bits per heavy atom. The van der Waals surface area contributed by atoms with Gasteiger partial charge in [0.1, 0.15) is 10.7 Å². The molecule has 1 N–H and O–H groups in total. The lowest BCUT2D eigenvalue weighted by molar-refractivity contribution is 0.0946. The van der Waals surface area contributed by atoms with E-state index in [-0.39, 0.29) is 17.3 Å². The maximum Gasteiger partial charge on any atom is 0.271 e. The topological polar surface area (TPSA) is 79.4 Å². The smallest absolute Gasteiger partial charge is 0.271 e. The van der Waals surface area contributed by atoms with Crippen molar-refractivity contribution >= 4 is 38.9 Å². The Balaban J connectivity index is 1.38. The highest BCUT2D eigenvalue weighted by atomic mass is 35.5. The van der Waals surface area contributed by atoms with Gasteiger partial charge in [-0.25, -0.2) is 13.4 Å². The number of amides is 1. The number of carbonyl (C=O) groups is 1. The molecule has 30 heavy (non-hydrogen) atoms. The molecule has 1 aliphatic rings. The lowest BCUT2D eigenvalue weighted by atomic mass is 10.2. The summed E-state index contributed by atoms with van der Waals surface area (Å²) in [5.74, 6) is -0.278. The Hall–Kier alpha value is -2.26. The van der Waals surface area contributed by atoms with Crippen LogP contribution in [0.25, 0.3) is 10.6 Å². The van der Waals surface area contributed by atoms with Gasteiger partial charge < -0.3 is 5.32 Å². The first-order chi connectivity index (χ1) is 14.4. The third-order valence-electron chi connectivity index (χ3n) is 4.91. The largest absolute Gasteiger partial charge is 0.347 e. The average molecular weight is 462 g/mol. The van der Waals surface area contributed by atoms with Gasteiger partial charge in [0.2, 0.25) is 10.0 Å². The van der Waals surface area contributed by atoms with Gasteiger partial charge in [0.05, 0.1) is 4.90 Å². The van der Waals surface area contributed by atoms with Gasteiger partial charge >= 0.3 is 0 Å². The van der Waals surface area contributed by atoms with Crippen molar-refractivity contribution in [2.24, 2.45) is 0 Å². The Morgan fingerprint density at radius 2 is 1.73 bits per heavy atom. The summed E-state index contributed by atoms with van der Waals surface area (Å²) in [6.07, 6.45) is 1.80. The first-order valence-corrected chi connectivity index (χ1v) is 12.2. The quantitative estimate of drug-likeness (QED) is 0.597. The molecule has 0 radical (unpaired) electrons. The van der Waals surface area contributed by atoms with Crippen molar-refractivity contribution in [1.82, 2.24) is 14.6 Å². The highest BCUT2D eigenvalue weighted by Gasteiger charge is 2.26. The van der Waals surface area contributed by atoms with Crippen molar-refractivity contribution in [2.75, 3.05) is 13.1 Å². The number of nitrogens with one attached hydrogen (secondary N) is 1. The van der Waals surface area contributed by atoms with Crippen LogP contribution in [0.1, 0.15) is 28.9 Å². The number of benzene rings is 2. The highest BCUT2D eigenvalue weighted by molar-refractivity contribution is 7.89. The maximum atomic E-state index is 12.6. The molecule has 0 aliphatic carbocycles. The first kappa shape index (κ1) is 21.0. The van der Waals surface area contributed by atoms with Crippen molar-refractivity contribution in [3.63, 3.8) is 0 Å². The number of nitrogens with zero attached hydrogens (tertiary/aromatic N) is 2. The lowest BCUT2D eigenvalue weighted by Crippen LogP contribution is -2.28. The predicted molar refractivity (Wildman–Crippen MR) is 118 cm³/mol. The van der Waals surface area contributed by atoms with E-state index in [9.17, 15) is 13.2 Å². The molecule has 2 aromatic carbocycles. The molecule has 1 aliphatic heterocycles. The van der Waals surface area contributed by atoms with Gasteiger partial charge in [0.25, 0.3) is 5.91 Å². The van der Waals surface area contributed by atoms with Crippen LogP contribution in [0.3, 0.4) is 0 Å². The van der Waals surface area contributed by atoms with Crippen LogP contribution in [-0.2, 0) is 16.6 Å². The Morgan fingerprint density at radius 1 is 1.07 bits per heavy atom. The summed E-state index contributed by atoms with van der Waals surface area (Å²) >= 11 is 7.29. The predicted octanol–water partition coefficient (Wildman–Crippen LogP) is 4.18. The number of hydrogen-bond acceptors (Lipinski definition) is 5. The van der Waals surface area contributed by atoms with E-state index >= 15 is 0 Å². The molecule has 4 rings (SSSR count). The fourth-order valence-corrected chi connectivity index (χ4v) is 5.68. The molecule has 1 aromatic heterocycles. The standard InChI is InChI=1S/C21H20ClN3O3S2/c22-17-7-5-16(6-8-17)21-24-19(14-29-21)20(26)23-13-15-3-9-18(10-4-15)30(27,28)25-11-1-2-12-25/h3-10,14H,1-2,11-13H2,(H,23,26). The van der Waals surface area contributed by atoms with E-state index in [4.69, 9.17) is 11.6 Å². The molecule has 6 nitrogen and oxygen atoms in total. The second-order valence-electron chi connectivity index (χ2n) is 6.98. The normalized spacial score (nSPS) is 14.7. The minimum atomic E-state index is -3.43. The van der Waals surface area contributed by atoms with Crippen molar-refractivity contribution in [3.05, 3.63) is 70.2 Å². The molecular formula is C21H20ClN3O3S2. The fourth-order valence-electron chi connectivity index (χ4n) is 3.23. The van der Waals surface area contributed by atoms with Gasteiger partial charge in [0, 0.05) is 35.6 Å². The van der Waals surface area contributed by atoms with E-state index in [1.54, 1.807) is 41.8 Å². The summed E-state index contributed by atoms with van der Waals surface area (Å²) in [5, 5.41) is 5.93. The number of hydrogen-bond donors (Lipinski definition) is 1. The summed E-state index contributed by atoms with van der Waals surface area (Å²) in [6.45, 7) is 1.44. The van der Waals surface area contributed by atoms with E-state index in [2.05, 4.69) is 10.3 Å². The molecule has 156 valence electrons. The van der Waals surface area contributed by atoms with Gasteiger partial charge in [-0.1, -0.05) is 35.9 Å². The zero-order valence-electron chi connectivity index (χ0n) is 16.0. The van der Waals surface area contributed by atoms with Gasteiger partial charge in [0.15, 0.2) is 0 Å². The number of sulfonamides is 1. The molecule has 1 saturated heterocycles. The molecular weight excluding hydrogens is 442 g/mol. The monoisotopic (exact) mass is 461 g/mol. The number of carbonyl (C=O) groups excluding carboxylic acids is 1. The summed E-state index contributed by atoms with van der Waals surface area (Å²) in [4.78, 5) is 17.1. The summed E-state index contributed by atoms with van der Waals surface area (Å²) < 4.78 is 26.7. The van der Waals surface area contributed by atoms with E-state index in [1.165, 1.54) is 15.6 Å². The number of rotatable bonds is 6. The molecule has 2 heterocycles. The van der Waals surface area contributed by atoms with Crippen LogP contribution < -0.4 is 5.32 Å². The van der Waals surface area contributed by atoms with Gasteiger partial charge in [-0.15, -0.1) is 11.3 Å². The Bertz CT molecular complexity index is 1140. The fraction of sp³-hybridized carbons (Fsp3) is 0.238. The lowest BCUT2D eigenvalue weighted by Gasteiger charge is -2.15. The van der Waals surface area contributed by atoms with Crippen LogP contribution in [0.15, 0.2) is 58.8 Å². The number of halogens is 1. The third-order valence-corrected chi connectivity index (χ3v) is 7.96. The van der Waals surface area contributed by atoms with Crippen molar-refractivity contribution in [1.29, 1.82) is 0 Å². The Labute approximate surface area is 184 Å². The third kappa shape index (κ3) is 4.57. The van der Waals surface area contributed by atoms with E-state index < -0.39 is 10.0 Å². The van der Waals surface area contributed by atoms with Crippen LogP contribution in [0.2, 0.25) is 5.02 Å². The van der Waals surface area contributed by atoms with Crippen LogP contribution in [-0.4, -0.2) is 36.7 Å². The number of aromatic nitrogens is 1. The van der Waals surface area contributed by atoms with E-state index in [0.29, 0.717) is 23.8 Å². The summed E-state index contributed by atoms with van der Waals surface area (Å²) in [5.41, 5.74) is 2.06. The van der Waals surface area contributed by atoms with E-state index in [0.717, 1.165) is 29.0 Å². The molecule has 0 saturated carbocycles. The van der Waals surface area contributed by atoms with Crippen molar-refractivity contribution in [3.8, 4) is 10.6 Å². The second-order valence-corrected chi connectivity index (χ2v) is 10.2. The average Bonchev–Trinajstić information content (AvgIpc) is 3.45. The molecule has 0 spiro atoms. The van der Waals surface area contributed by atoms with Crippen LogP contribution >= 0.6 is 22.9 Å². The molecule has 1 amide bonds. The molecule has 1 fully saturated rings. The van der Waals surface area contributed by atoms with Gasteiger partial charge in [-0.2, -0.15) is 4.31 Å². The molecule has 0 atom stereocenters. The van der Waals surface area contributed by atoms with Crippen molar-refractivity contribution < 1.29 is 13.2 Å². The zero-order valence-corrected chi connectivity index (χ0v) is 18.4. The summed E-state index contributed by atoms with van der Waals surface area (Å²) in [7, 11) is -3.43. The van der Waals surface area contributed by atoms with Gasteiger partial charge in [-0.05, 0) is 42.7 Å².